The average Bonchev–Trinajstić information content (AvgIpc) is 3.15. The molecule has 0 aliphatic heterocycles. The lowest BCUT2D eigenvalue weighted by Crippen LogP contribution is -2.10. The smallest absolute Gasteiger partial charge is 0.348 e. The van der Waals surface area contributed by atoms with Crippen LogP contribution in [-0.4, -0.2) is 33.5 Å². The summed E-state index contributed by atoms with van der Waals surface area (Å²) in [4.78, 5) is 38.6. The number of aryl methyl sites for hydroxylation is 1. The maximum atomic E-state index is 12.7. The molecule has 3 aromatic heterocycles. The molecule has 9 nitrogen and oxygen atoms in total. The Balaban J connectivity index is 1.53. The molecule has 0 fully saturated rings. The minimum Gasteiger partial charge on any atom is -0.462 e. The predicted octanol–water partition coefficient (Wildman–Crippen LogP) is 4.30. The number of nitrogens with zero attached hydrogens (tertiary/aromatic N) is 3. The number of anilines is 1. The van der Waals surface area contributed by atoms with Crippen molar-refractivity contribution >= 4 is 39.3 Å². The Labute approximate surface area is 193 Å². The van der Waals surface area contributed by atoms with Crippen LogP contribution >= 0.6 is 11.3 Å². The van der Waals surface area contributed by atoms with Crippen LogP contribution in [0, 0.1) is 6.92 Å². The van der Waals surface area contributed by atoms with Gasteiger partial charge in [0, 0.05) is 6.20 Å². The highest BCUT2D eigenvalue weighted by Crippen LogP contribution is 2.33. The molecule has 0 atom stereocenters. The third-order valence-corrected chi connectivity index (χ3v) is 5.77. The second kappa shape index (κ2) is 9.61. The summed E-state index contributed by atoms with van der Waals surface area (Å²) in [6.45, 7) is 3.55. The van der Waals surface area contributed by atoms with Crippen molar-refractivity contribution in [3.05, 3.63) is 70.5 Å². The number of para-hydroxylation sites is 1. The van der Waals surface area contributed by atoms with E-state index in [0.29, 0.717) is 26.4 Å². The molecule has 0 saturated carbocycles. The number of aromatic nitrogens is 3. The molecule has 0 aliphatic rings. The summed E-state index contributed by atoms with van der Waals surface area (Å²) in [6, 6.07) is 12.2. The van der Waals surface area contributed by atoms with Crippen LogP contribution in [0.25, 0.3) is 10.2 Å². The number of rotatable bonds is 7. The zero-order valence-corrected chi connectivity index (χ0v) is 18.7. The van der Waals surface area contributed by atoms with Gasteiger partial charge in [-0.2, -0.15) is 0 Å². The van der Waals surface area contributed by atoms with Gasteiger partial charge in [0.15, 0.2) is 12.4 Å². The van der Waals surface area contributed by atoms with Gasteiger partial charge in [-0.3, -0.25) is 0 Å². The zero-order valence-electron chi connectivity index (χ0n) is 17.9. The highest BCUT2D eigenvalue weighted by atomic mass is 32.1. The average molecular weight is 465 g/mol. The third-order valence-electron chi connectivity index (χ3n) is 4.61. The summed E-state index contributed by atoms with van der Waals surface area (Å²) in [5, 5.41) is 0.587. The van der Waals surface area contributed by atoms with Gasteiger partial charge in [-0.05, 0) is 43.7 Å². The van der Waals surface area contributed by atoms with E-state index in [9.17, 15) is 9.59 Å². The predicted molar refractivity (Wildman–Crippen MR) is 122 cm³/mol. The van der Waals surface area contributed by atoms with Crippen LogP contribution < -0.4 is 10.5 Å². The van der Waals surface area contributed by atoms with Gasteiger partial charge in [0.05, 0.1) is 12.0 Å². The van der Waals surface area contributed by atoms with Crippen molar-refractivity contribution < 1.29 is 23.8 Å². The van der Waals surface area contributed by atoms with E-state index in [4.69, 9.17) is 19.9 Å². The lowest BCUT2D eigenvalue weighted by atomic mass is 10.2. The van der Waals surface area contributed by atoms with E-state index in [-0.39, 0.29) is 36.3 Å². The quantitative estimate of drug-likeness (QED) is 0.398. The molecule has 0 spiro atoms. The lowest BCUT2D eigenvalue weighted by Gasteiger charge is -2.10. The first-order chi connectivity index (χ1) is 16.0. The molecule has 0 saturated heterocycles. The van der Waals surface area contributed by atoms with E-state index >= 15 is 0 Å². The van der Waals surface area contributed by atoms with Gasteiger partial charge in [-0.15, -0.1) is 11.3 Å². The fourth-order valence-electron chi connectivity index (χ4n) is 3.11. The maximum absolute atomic E-state index is 12.7. The number of hydrogen-bond donors (Lipinski definition) is 1. The second-order valence-corrected chi connectivity index (χ2v) is 7.83. The summed E-state index contributed by atoms with van der Waals surface area (Å²) < 4.78 is 16.2. The first-order valence-corrected chi connectivity index (χ1v) is 10.9. The van der Waals surface area contributed by atoms with Crippen LogP contribution in [0.5, 0.6) is 11.6 Å². The van der Waals surface area contributed by atoms with E-state index in [1.807, 2.05) is 18.2 Å². The van der Waals surface area contributed by atoms with Crippen LogP contribution in [0.15, 0.2) is 48.7 Å². The van der Waals surface area contributed by atoms with Crippen molar-refractivity contribution in [1.29, 1.82) is 0 Å². The van der Waals surface area contributed by atoms with Gasteiger partial charge in [-0.1, -0.05) is 18.2 Å². The van der Waals surface area contributed by atoms with E-state index in [0.717, 1.165) is 11.3 Å². The number of nitrogens with two attached hydrogens (primary N) is 1. The number of carbonyl (C=O) groups excluding carboxylic acids is 2. The number of fused-ring (bicyclic) bond motifs is 1. The number of thiophene rings is 1. The van der Waals surface area contributed by atoms with Crippen molar-refractivity contribution in [2.24, 2.45) is 0 Å². The third kappa shape index (κ3) is 4.75. The monoisotopic (exact) mass is 464 g/mol. The van der Waals surface area contributed by atoms with Crippen LogP contribution in [0.4, 0.5) is 5.82 Å². The van der Waals surface area contributed by atoms with E-state index < -0.39 is 11.9 Å². The number of carbonyl (C=O) groups is 2. The number of ether oxygens (including phenoxy) is 3. The van der Waals surface area contributed by atoms with Crippen LogP contribution in [0.2, 0.25) is 0 Å². The molecule has 4 aromatic rings. The number of nitrogen functional groups attached to an aromatic ring is 1. The normalized spacial score (nSPS) is 10.7. The Morgan fingerprint density at radius 2 is 1.82 bits per heavy atom. The zero-order chi connectivity index (χ0) is 23.4. The van der Waals surface area contributed by atoms with Gasteiger partial charge >= 0.3 is 11.9 Å². The Morgan fingerprint density at radius 3 is 2.58 bits per heavy atom. The minimum atomic E-state index is -0.647. The van der Waals surface area contributed by atoms with Gasteiger partial charge in [0.25, 0.3) is 0 Å². The van der Waals surface area contributed by atoms with Gasteiger partial charge < -0.3 is 19.9 Å². The molecule has 10 heteroatoms. The van der Waals surface area contributed by atoms with Crippen LogP contribution in [-0.2, 0) is 16.1 Å². The molecular weight excluding hydrogens is 444 g/mol. The molecule has 4 rings (SSSR count). The standard InChI is InChI=1S/C23H20N4O5S/c1-3-30-23(29)18-13(2)17-19(24)26-16(27-21(17)33-18)12-31-22(28)15-10-7-11-25-20(15)32-14-8-5-4-6-9-14/h4-11H,3,12H2,1-2H3,(H2,24,26,27). The van der Waals surface area contributed by atoms with Crippen LogP contribution in [0.1, 0.15) is 38.3 Å². The molecule has 33 heavy (non-hydrogen) atoms. The fraction of sp³-hybridized carbons (Fsp3) is 0.174. The molecule has 0 amide bonds. The lowest BCUT2D eigenvalue weighted by molar-refractivity contribution is 0.0458. The largest absolute Gasteiger partial charge is 0.462 e. The topological polar surface area (TPSA) is 127 Å². The summed E-state index contributed by atoms with van der Waals surface area (Å²) in [5.41, 5.74) is 6.92. The minimum absolute atomic E-state index is 0.123. The van der Waals surface area contributed by atoms with Gasteiger partial charge in [0.2, 0.25) is 5.88 Å². The summed E-state index contributed by atoms with van der Waals surface area (Å²) >= 11 is 1.16. The van der Waals surface area contributed by atoms with Crippen molar-refractivity contribution in [3.63, 3.8) is 0 Å². The number of esters is 2. The molecule has 0 radical (unpaired) electrons. The van der Waals surface area contributed by atoms with E-state index in [1.54, 1.807) is 38.1 Å². The number of hydrogen-bond acceptors (Lipinski definition) is 10. The Bertz CT molecular complexity index is 1320. The van der Waals surface area contributed by atoms with Crippen molar-refractivity contribution in [2.75, 3.05) is 12.3 Å². The molecule has 0 unspecified atom stereocenters. The molecular formula is C23H20N4O5S. The Kier molecular flexibility index (Phi) is 6.45. The number of pyridine rings is 1. The second-order valence-electron chi connectivity index (χ2n) is 6.83. The summed E-state index contributed by atoms with van der Waals surface area (Å²) in [7, 11) is 0. The Hall–Kier alpha value is -4.05. The molecule has 3 heterocycles. The molecule has 0 aliphatic carbocycles. The molecule has 168 valence electrons. The van der Waals surface area contributed by atoms with E-state index in [2.05, 4.69) is 15.0 Å². The van der Waals surface area contributed by atoms with Crippen LogP contribution in [0.3, 0.4) is 0 Å². The Morgan fingerprint density at radius 1 is 1.03 bits per heavy atom. The first kappa shape index (κ1) is 22.2. The highest BCUT2D eigenvalue weighted by Gasteiger charge is 2.21. The van der Waals surface area contributed by atoms with Crippen molar-refractivity contribution in [1.82, 2.24) is 15.0 Å². The highest BCUT2D eigenvalue weighted by molar-refractivity contribution is 7.20. The number of benzene rings is 1. The summed E-state index contributed by atoms with van der Waals surface area (Å²) in [5.74, 6) is -0.0159. The van der Waals surface area contributed by atoms with Crippen molar-refractivity contribution in [3.8, 4) is 11.6 Å². The SMILES string of the molecule is CCOC(=O)c1sc2nc(COC(=O)c3cccnc3Oc3ccccc3)nc(N)c2c1C. The fourth-order valence-corrected chi connectivity index (χ4v) is 4.21. The molecule has 1 aromatic carbocycles. The molecule has 0 bridgehead atoms. The summed E-state index contributed by atoms with van der Waals surface area (Å²) in [6.07, 6.45) is 1.52. The maximum Gasteiger partial charge on any atom is 0.348 e. The van der Waals surface area contributed by atoms with Crippen molar-refractivity contribution in [2.45, 2.75) is 20.5 Å². The first-order valence-electron chi connectivity index (χ1n) is 10.1. The molecule has 2 N–H and O–H groups in total. The van der Waals surface area contributed by atoms with Gasteiger partial charge in [-0.25, -0.2) is 24.5 Å². The van der Waals surface area contributed by atoms with E-state index in [1.165, 1.54) is 6.20 Å². The van der Waals surface area contributed by atoms with Gasteiger partial charge in [0.1, 0.15) is 26.8 Å².